The van der Waals surface area contributed by atoms with Crippen molar-refractivity contribution in [2.24, 2.45) is 5.41 Å². The van der Waals surface area contributed by atoms with E-state index in [1.165, 1.54) is 6.42 Å². The van der Waals surface area contributed by atoms with Crippen LogP contribution in [0.25, 0.3) is 0 Å². The molecule has 1 fully saturated rings. The molecule has 1 aromatic heterocycles. The fourth-order valence-electron chi connectivity index (χ4n) is 2.44. The van der Waals surface area contributed by atoms with E-state index >= 15 is 0 Å². The van der Waals surface area contributed by atoms with Gasteiger partial charge in [0.1, 0.15) is 0 Å². The monoisotopic (exact) mass is 268 g/mol. The van der Waals surface area contributed by atoms with E-state index in [1.807, 2.05) is 0 Å². The molecule has 3 nitrogen and oxygen atoms in total. The van der Waals surface area contributed by atoms with Crippen LogP contribution in [0.2, 0.25) is 0 Å². The zero-order valence-electron chi connectivity index (χ0n) is 12.1. The van der Waals surface area contributed by atoms with Gasteiger partial charge in [-0.25, -0.2) is 4.98 Å². The van der Waals surface area contributed by atoms with Gasteiger partial charge in [0.2, 0.25) is 0 Å². The molecular formula is C14H24N2OS. The number of aliphatic hydroxyl groups excluding tert-OH is 1. The van der Waals surface area contributed by atoms with Crippen LogP contribution >= 0.6 is 11.3 Å². The maximum atomic E-state index is 9.49. The smallest absolute Gasteiger partial charge is 0.185 e. The van der Waals surface area contributed by atoms with Crippen LogP contribution in [0.4, 0.5) is 5.13 Å². The number of anilines is 1. The fourth-order valence-corrected chi connectivity index (χ4v) is 3.60. The first-order valence-electron chi connectivity index (χ1n) is 6.59. The van der Waals surface area contributed by atoms with Crippen molar-refractivity contribution in [3.8, 4) is 0 Å². The summed E-state index contributed by atoms with van der Waals surface area (Å²) >= 11 is 1.65. The predicted octanol–water partition coefficient (Wildman–Crippen LogP) is 3.17. The molecule has 1 aromatic rings. The van der Waals surface area contributed by atoms with E-state index in [9.17, 15) is 5.11 Å². The molecule has 0 saturated carbocycles. The number of hydrogen-bond acceptors (Lipinski definition) is 4. The third kappa shape index (κ3) is 2.69. The number of hydrogen-bond donors (Lipinski definition) is 1. The van der Waals surface area contributed by atoms with Crippen molar-refractivity contribution in [3.63, 3.8) is 0 Å². The van der Waals surface area contributed by atoms with Crippen LogP contribution in [0.3, 0.4) is 0 Å². The van der Waals surface area contributed by atoms with Gasteiger partial charge in [-0.2, -0.15) is 0 Å². The van der Waals surface area contributed by atoms with E-state index in [4.69, 9.17) is 4.98 Å². The summed E-state index contributed by atoms with van der Waals surface area (Å²) in [5, 5.41) is 10.6. The Balaban J connectivity index is 2.28. The summed E-state index contributed by atoms with van der Waals surface area (Å²) in [5.74, 6) is 0. The highest BCUT2D eigenvalue weighted by Crippen LogP contribution is 2.38. The Hall–Kier alpha value is -0.610. The third-order valence-electron chi connectivity index (χ3n) is 3.49. The first kappa shape index (κ1) is 13.8. The molecule has 0 bridgehead atoms. The van der Waals surface area contributed by atoms with Gasteiger partial charge in [0, 0.05) is 18.5 Å². The van der Waals surface area contributed by atoms with Crippen LogP contribution in [0, 0.1) is 5.41 Å². The Morgan fingerprint density at radius 2 is 2.06 bits per heavy atom. The molecule has 0 spiro atoms. The molecule has 1 aliphatic rings. The van der Waals surface area contributed by atoms with Crippen molar-refractivity contribution in [2.45, 2.75) is 53.1 Å². The highest BCUT2D eigenvalue weighted by atomic mass is 32.1. The second kappa shape index (κ2) is 4.49. The molecule has 0 aliphatic carbocycles. The summed E-state index contributed by atoms with van der Waals surface area (Å²) in [6, 6.07) is 0. The molecule has 0 radical (unpaired) electrons. The molecule has 0 aromatic carbocycles. The van der Waals surface area contributed by atoms with Crippen molar-refractivity contribution in [1.82, 2.24) is 4.98 Å². The Labute approximate surface area is 114 Å². The Bertz CT molecular complexity index is 431. The lowest BCUT2D eigenvalue weighted by Crippen LogP contribution is -2.23. The van der Waals surface area contributed by atoms with E-state index in [-0.39, 0.29) is 12.0 Å². The Morgan fingerprint density at radius 3 is 2.44 bits per heavy atom. The van der Waals surface area contributed by atoms with Gasteiger partial charge in [-0.1, -0.05) is 46.0 Å². The van der Waals surface area contributed by atoms with Crippen LogP contribution in [0.1, 0.15) is 51.6 Å². The van der Waals surface area contributed by atoms with E-state index in [0.29, 0.717) is 5.41 Å². The van der Waals surface area contributed by atoms with E-state index in [1.54, 1.807) is 11.3 Å². The lowest BCUT2D eigenvalue weighted by atomic mass is 9.91. The van der Waals surface area contributed by atoms with Crippen molar-refractivity contribution < 1.29 is 5.11 Å². The maximum absolute atomic E-state index is 9.49. The fraction of sp³-hybridized carbons (Fsp3) is 0.786. The van der Waals surface area contributed by atoms with Gasteiger partial charge in [-0.05, 0) is 11.8 Å². The molecule has 2 heterocycles. The van der Waals surface area contributed by atoms with Gasteiger partial charge >= 0.3 is 0 Å². The van der Waals surface area contributed by atoms with E-state index in [2.05, 4.69) is 39.5 Å². The molecule has 1 N–H and O–H groups in total. The second-order valence-electron chi connectivity index (χ2n) is 7.01. The average molecular weight is 268 g/mol. The van der Waals surface area contributed by atoms with Crippen molar-refractivity contribution in [2.75, 3.05) is 18.0 Å². The molecule has 102 valence electrons. The lowest BCUT2D eigenvalue weighted by Gasteiger charge is -2.19. The minimum atomic E-state index is 0.00204. The van der Waals surface area contributed by atoms with E-state index < -0.39 is 0 Å². The van der Waals surface area contributed by atoms with Crippen LogP contribution in [-0.2, 0) is 12.0 Å². The molecule has 18 heavy (non-hydrogen) atoms. The first-order chi connectivity index (χ1) is 8.23. The maximum Gasteiger partial charge on any atom is 0.185 e. The van der Waals surface area contributed by atoms with Gasteiger partial charge in [-0.15, -0.1) is 0 Å². The molecule has 1 saturated heterocycles. The molecule has 4 heteroatoms. The van der Waals surface area contributed by atoms with Crippen molar-refractivity contribution in [1.29, 1.82) is 0 Å². The number of rotatable bonds is 2. The molecular weight excluding hydrogens is 244 g/mol. The van der Waals surface area contributed by atoms with Gasteiger partial charge in [0.25, 0.3) is 0 Å². The summed E-state index contributed by atoms with van der Waals surface area (Å²) < 4.78 is 0. The van der Waals surface area contributed by atoms with Crippen LogP contribution in [0.15, 0.2) is 0 Å². The predicted molar refractivity (Wildman–Crippen MR) is 77.3 cm³/mol. The molecule has 0 amide bonds. The van der Waals surface area contributed by atoms with Crippen LogP contribution < -0.4 is 4.90 Å². The normalized spacial score (nSPS) is 19.6. The molecule has 2 rings (SSSR count). The summed E-state index contributed by atoms with van der Waals surface area (Å²) in [6.07, 6.45) is 1.21. The third-order valence-corrected chi connectivity index (χ3v) is 4.59. The quantitative estimate of drug-likeness (QED) is 0.895. The minimum absolute atomic E-state index is 0.00204. The highest BCUT2D eigenvalue weighted by Gasteiger charge is 2.32. The zero-order chi connectivity index (χ0) is 13.6. The first-order valence-corrected chi connectivity index (χ1v) is 7.40. The topological polar surface area (TPSA) is 36.4 Å². The largest absolute Gasteiger partial charge is 0.391 e. The Morgan fingerprint density at radius 1 is 1.39 bits per heavy atom. The number of thiazole rings is 1. The van der Waals surface area contributed by atoms with Gasteiger partial charge < -0.3 is 10.0 Å². The lowest BCUT2D eigenvalue weighted by molar-refractivity contribution is 0.282. The zero-order valence-corrected chi connectivity index (χ0v) is 12.9. The van der Waals surface area contributed by atoms with Crippen molar-refractivity contribution >= 4 is 16.5 Å². The van der Waals surface area contributed by atoms with Crippen LogP contribution in [-0.4, -0.2) is 23.2 Å². The number of aromatic nitrogens is 1. The van der Waals surface area contributed by atoms with Crippen molar-refractivity contribution in [3.05, 3.63) is 10.6 Å². The average Bonchev–Trinajstić information content (AvgIpc) is 2.79. The Kier molecular flexibility index (Phi) is 3.45. The van der Waals surface area contributed by atoms with Gasteiger partial charge in [0.05, 0.1) is 17.2 Å². The second-order valence-corrected chi connectivity index (χ2v) is 8.07. The molecule has 1 aliphatic heterocycles. The summed E-state index contributed by atoms with van der Waals surface area (Å²) in [5.41, 5.74) is 1.43. The number of aliphatic hydroxyl groups is 1. The van der Waals surface area contributed by atoms with Crippen LogP contribution in [0.5, 0.6) is 0 Å². The van der Waals surface area contributed by atoms with E-state index in [0.717, 1.165) is 28.8 Å². The highest BCUT2D eigenvalue weighted by molar-refractivity contribution is 7.15. The SMILES string of the molecule is CC1(C)CCN(c2nc(C(C)(C)C)c(CO)s2)C1. The molecule has 0 unspecified atom stereocenters. The van der Waals surface area contributed by atoms with Gasteiger partial charge in [0.15, 0.2) is 5.13 Å². The number of nitrogens with zero attached hydrogens (tertiary/aromatic N) is 2. The molecule has 0 atom stereocenters. The summed E-state index contributed by atoms with van der Waals surface area (Å²) in [6.45, 7) is 13.3. The standard InChI is InChI=1S/C14H24N2OS/c1-13(2,3)11-10(8-17)18-12(15-11)16-7-6-14(4,5)9-16/h17H,6-9H2,1-5H3. The summed E-state index contributed by atoms with van der Waals surface area (Å²) in [7, 11) is 0. The summed E-state index contributed by atoms with van der Waals surface area (Å²) in [4.78, 5) is 8.16. The minimum Gasteiger partial charge on any atom is -0.391 e. The van der Waals surface area contributed by atoms with Gasteiger partial charge in [-0.3, -0.25) is 0 Å².